The van der Waals surface area contributed by atoms with Crippen LogP contribution in [-0.2, 0) is 19.3 Å². The van der Waals surface area contributed by atoms with Gasteiger partial charge in [0, 0.05) is 25.9 Å². The Labute approximate surface area is 137 Å². The van der Waals surface area contributed by atoms with E-state index in [0.717, 1.165) is 31.4 Å². The Hall–Kier alpha value is -0.893. The Kier molecular flexibility index (Phi) is 8.83. The van der Waals surface area contributed by atoms with Crippen molar-refractivity contribution < 1.29 is 26.4 Å². The summed E-state index contributed by atoms with van der Waals surface area (Å²) in [4.78, 5) is 0. The molecule has 0 bridgehead atoms. The van der Waals surface area contributed by atoms with E-state index in [2.05, 4.69) is 0 Å². The van der Waals surface area contributed by atoms with E-state index < -0.39 is 26.3 Å². The van der Waals surface area contributed by atoms with Gasteiger partial charge in [-0.25, -0.2) is 13.2 Å². The predicted molar refractivity (Wildman–Crippen MR) is 84.5 cm³/mol. The van der Waals surface area contributed by atoms with Gasteiger partial charge in [-0.05, 0) is 37.0 Å². The molecule has 1 aromatic rings. The quantitative estimate of drug-likeness (QED) is 0.437. The van der Waals surface area contributed by atoms with Crippen molar-refractivity contribution >= 4 is 8.80 Å². The Morgan fingerprint density at radius 2 is 1.17 bits per heavy atom. The minimum Gasteiger partial charge on any atom is -0.373 e. The van der Waals surface area contributed by atoms with Gasteiger partial charge in [0.2, 0.25) is 0 Å². The monoisotopic (exact) mass is 350 g/mol. The molecule has 1 rings (SSSR count). The maximum Gasteiger partial charge on any atom is 0.505 e. The van der Waals surface area contributed by atoms with E-state index in [1.165, 1.54) is 0 Å². The van der Waals surface area contributed by atoms with E-state index in [1.54, 1.807) is 0 Å². The van der Waals surface area contributed by atoms with E-state index >= 15 is 0 Å². The van der Waals surface area contributed by atoms with Crippen molar-refractivity contribution in [2.45, 2.75) is 46.1 Å². The highest BCUT2D eigenvalue weighted by molar-refractivity contribution is 6.60. The zero-order chi connectivity index (χ0) is 17.3. The maximum absolute atomic E-state index is 13.4. The molecule has 3 nitrogen and oxygen atoms in total. The van der Waals surface area contributed by atoms with Crippen LogP contribution in [0.15, 0.2) is 12.1 Å². The van der Waals surface area contributed by atoms with Crippen LogP contribution in [0.25, 0.3) is 0 Å². The SMILES string of the molecule is CCCO[Si](Cc1cc(F)c(F)c(F)c1)(OCCC)OCCC. The lowest BCUT2D eigenvalue weighted by Crippen LogP contribution is -2.49. The molecule has 0 aliphatic carbocycles. The molecule has 0 fully saturated rings. The third kappa shape index (κ3) is 6.25. The number of hydrogen-bond donors (Lipinski definition) is 0. The molecule has 0 amide bonds. The lowest BCUT2D eigenvalue weighted by atomic mass is 10.2. The maximum atomic E-state index is 13.4. The van der Waals surface area contributed by atoms with E-state index in [-0.39, 0.29) is 11.6 Å². The Bertz CT molecular complexity index is 441. The number of rotatable bonds is 11. The second-order valence-electron chi connectivity index (χ2n) is 5.28. The Morgan fingerprint density at radius 3 is 1.52 bits per heavy atom. The summed E-state index contributed by atoms with van der Waals surface area (Å²) in [6.45, 7) is 7.17. The molecule has 0 radical (unpaired) electrons. The second-order valence-corrected chi connectivity index (χ2v) is 7.86. The van der Waals surface area contributed by atoms with Gasteiger partial charge in [0.25, 0.3) is 0 Å². The fraction of sp³-hybridized carbons (Fsp3) is 0.625. The van der Waals surface area contributed by atoms with Crippen molar-refractivity contribution in [3.05, 3.63) is 35.1 Å². The topological polar surface area (TPSA) is 27.7 Å². The average molecular weight is 350 g/mol. The highest BCUT2D eigenvalue weighted by Crippen LogP contribution is 2.21. The fourth-order valence-electron chi connectivity index (χ4n) is 2.01. The molecule has 0 spiro atoms. The van der Waals surface area contributed by atoms with Gasteiger partial charge in [0.05, 0.1) is 0 Å². The molecule has 0 aromatic heterocycles. The molecule has 0 heterocycles. The van der Waals surface area contributed by atoms with Crippen molar-refractivity contribution in [3.8, 4) is 0 Å². The molecule has 0 unspecified atom stereocenters. The molecular formula is C16H25F3O3Si. The minimum atomic E-state index is -3.12. The van der Waals surface area contributed by atoms with Gasteiger partial charge in [-0.15, -0.1) is 0 Å². The number of halogens is 3. The average Bonchev–Trinajstić information content (AvgIpc) is 2.53. The number of benzene rings is 1. The number of hydrogen-bond acceptors (Lipinski definition) is 3. The summed E-state index contributed by atoms with van der Waals surface area (Å²) in [5.41, 5.74) is 0.274. The summed E-state index contributed by atoms with van der Waals surface area (Å²) in [6.07, 6.45) is 2.31. The van der Waals surface area contributed by atoms with Crippen molar-refractivity contribution in [3.63, 3.8) is 0 Å². The Balaban J connectivity index is 3.04. The van der Waals surface area contributed by atoms with Crippen molar-refractivity contribution in [1.29, 1.82) is 0 Å². The molecule has 0 atom stereocenters. The van der Waals surface area contributed by atoms with Crippen molar-refractivity contribution in [2.24, 2.45) is 0 Å². The summed E-state index contributed by atoms with van der Waals surface area (Å²) in [5.74, 6) is -3.91. The van der Waals surface area contributed by atoms with Crippen LogP contribution in [0, 0.1) is 17.5 Å². The molecule has 0 aliphatic heterocycles. The smallest absolute Gasteiger partial charge is 0.373 e. The van der Waals surface area contributed by atoms with Gasteiger partial charge < -0.3 is 13.3 Å². The third-order valence-corrected chi connectivity index (χ3v) is 5.82. The van der Waals surface area contributed by atoms with Gasteiger partial charge >= 0.3 is 8.80 Å². The molecule has 0 N–H and O–H groups in total. The van der Waals surface area contributed by atoms with Crippen LogP contribution in [0.1, 0.15) is 45.6 Å². The second kappa shape index (κ2) is 10.1. The van der Waals surface area contributed by atoms with Crippen molar-refractivity contribution in [1.82, 2.24) is 0 Å². The zero-order valence-corrected chi connectivity index (χ0v) is 15.0. The molecule has 132 valence electrons. The van der Waals surface area contributed by atoms with E-state index in [0.29, 0.717) is 19.8 Å². The summed E-state index contributed by atoms with van der Waals surface area (Å²) in [7, 11) is -3.12. The predicted octanol–water partition coefficient (Wildman–Crippen LogP) is 4.40. The summed E-state index contributed by atoms with van der Waals surface area (Å²) < 4.78 is 57.6. The van der Waals surface area contributed by atoms with Crippen LogP contribution in [-0.4, -0.2) is 28.6 Å². The lowest BCUT2D eigenvalue weighted by molar-refractivity contribution is 0.0583. The van der Waals surface area contributed by atoms with E-state index in [4.69, 9.17) is 13.3 Å². The van der Waals surface area contributed by atoms with Crippen LogP contribution in [0.3, 0.4) is 0 Å². The van der Waals surface area contributed by atoms with Crippen LogP contribution in [0.5, 0.6) is 0 Å². The minimum absolute atomic E-state index is 0.112. The van der Waals surface area contributed by atoms with Gasteiger partial charge in [-0.2, -0.15) is 0 Å². The fourth-order valence-corrected chi connectivity index (χ4v) is 4.82. The first kappa shape index (κ1) is 20.2. The molecule has 0 saturated heterocycles. The van der Waals surface area contributed by atoms with Crippen molar-refractivity contribution in [2.75, 3.05) is 19.8 Å². The van der Waals surface area contributed by atoms with Crippen LogP contribution >= 0.6 is 0 Å². The summed E-state index contributed by atoms with van der Waals surface area (Å²) in [6, 6.07) is 2.06. The van der Waals surface area contributed by atoms with Gasteiger partial charge in [-0.1, -0.05) is 20.8 Å². The van der Waals surface area contributed by atoms with E-state index in [1.807, 2.05) is 20.8 Å². The highest BCUT2D eigenvalue weighted by atomic mass is 28.4. The van der Waals surface area contributed by atoms with Gasteiger partial charge in [0.1, 0.15) is 0 Å². The molecule has 1 aromatic carbocycles. The van der Waals surface area contributed by atoms with E-state index in [9.17, 15) is 13.2 Å². The first-order valence-electron chi connectivity index (χ1n) is 8.03. The van der Waals surface area contributed by atoms with Gasteiger partial charge in [-0.3, -0.25) is 0 Å². The highest BCUT2D eigenvalue weighted by Gasteiger charge is 2.41. The van der Waals surface area contributed by atoms with Gasteiger partial charge in [0.15, 0.2) is 17.5 Å². The summed E-state index contributed by atoms with van der Waals surface area (Å²) in [5, 5.41) is 0. The van der Waals surface area contributed by atoms with Crippen LogP contribution in [0.2, 0.25) is 0 Å². The third-order valence-electron chi connectivity index (χ3n) is 3.04. The zero-order valence-electron chi connectivity index (χ0n) is 14.0. The molecular weight excluding hydrogens is 325 g/mol. The molecule has 0 aliphatic rings. The Morgan fingerprint density at radius 1 is 0.783 bits per heavy atom. The molecule has 7 heteroatoms. The standard InChI is InChI=1S/C16H25F3O3Si/c1-4-7-20-23(21-8-5-2,22-9-6-3)12-13-10-14(17)16(19)15(18)11-13/h10-11H,4-9,12H2,1-3H3. The summed E-state index contributed by atoms with van der Waals surface area (Å²) >= 11 is 0. The molecule has 0 saturated carbocycles. The first-order valence-corrected chi connectivity index (χ1v) is 9.96. The lowest BCUT2D eigenvalue weighted by Gasteiger charge is -2.29. The largest absolute Gasteiger partial charge is 0.505 e. The first-order chi connectivity index (χ1) is 11.0. The molecule has 23 heavy (non-hydrogen) atoms. The van der Waals surface area contributed by atoms with Crippen LogP contribution in [0.4, 0.5) is 13.2 Å². The normalized spacial score (nSPS) is 11.9. The van der Waals surface area contributed by atoms with Crippen LogP contribution < -0.4 is 0 Å².